The number of methoxy groups -OCH3 is 1. The molecule has 2 N–H and O–H groups in total. The number of hydrogen-bond acceptors (Lipinski definition) is 11. The van der Waals surface area contributed by atoms with Gasteiger partial charge in [-0.15, -0.1) is 21.5 Å². The van der Waals surface area contributed by atoms with E-state index in [0.717, 1.165) is 16.9 Å². The lowest BCUT2D eigenvalue weighted by atomic mass is 10.1. The van der Waals surface area contributed by atoms with Crippen LogP contribution in [-0.2, 0) is 27.4 Å². The fourth-order valence-electron chi connectivity index (χ4n) is 4.42. The lowest BCUT2D eigenvalue weighted by molar-refractivity contribution is -0.115. The van der Waals surface area contributed by atoms with Gasteiger partial charge >= 0.3 is 11.9 Å². The van der Waals surface area contributed by atoms with Gasteiger partial charge in [0.2, 0.25) is 5.91 Å². The maximum absolute atomic E-state index is 13.5. The van der Waals surface area contributed by atoms with Crippen LogP contribution < -0.4 is 15.4 Å². The van der Waals surface area contributed by atoms with E-state index in [-0.39, 0.29) is 41.1 Å². The Bertz CT molecular complexity index is 1700. The van der Waals surface area contributed by atoms with E-state index in [0.29, 0.717) is 34.4 Å². The van der Waals surface area contributed by atoms with Gasteiger partial charge in [0.05, 0.1) is 49.8 Å². The zero-order valence-corrected chi connectivity index (χ0v) is 27.8. The minimum atomic E-state index is -0.696. The molecule has 0 saturated carbocycles. The van der Waals surface area contributed by atoms with Crippen molar-refractivity contribution in [3.63, 3.8) is 0 Å². The Hall–Kier alpha value is -4.69. The van der Waals surface area contributed by atoms with Crippen molar-refractivity contribution in [2.24, 2.45) is 0 Å². The first-order chi connectivity index (χ1) is 22.2. The van der Waals surface area contributed by atoms with E-state index in [1.807, 2.05) is 34.9 Å². The maximum Gasteiger partial charge on any atom is 0.348 e. The molecule has 0 radical (unpaired) electrons. The number of thiophene rings is 1. The minimum absolute atomic E-state index is 0.0753. The van der Waals surface area contributed by atoms with Gasteiger partial charge in [0, 0.05) is 0 Å². The molecular formula is C32H35N5O7S2. The molecule has 4 rings (SSSR count). The van der Waals surface area contributed by atoms with Gasteiger partial charge in [-0.2, -0.15) is 0 Å². The van der Waals surface area contributed by atoms with Crippen LogP contribution >= 0.6 is 23.1 Å². The summed E-state index contributed by atoms with van der Waals surface area (Å²) in [5.74, 6) is -1.06. The molecule has 4 aromatic rings. The molecule has 2 amide bonds. The fourth-order valence-corrected chi connectivity index (χ4v) is 6.37. The highest BCUT2D eigenvalue weighted by Crippen LogP contribution is 2.35. The summed E-state index contributed by atoms with van der Waals surface area (Å²) in [7, 11) is 1.50. The standard InChI is InChI=1S/C32H35N5O7S2/c1-6-43-30(40)25-19(3)26(31(41)44-7-2)46-29(25)34-27(38)20(4)45-32-36-35-24(37(32)18-21-13-9-8-10-14-21)17-33-28(39)22-15-11-12-16-23(22)42-5/h8-16,20H,6-7,17-18H2,1-5H3,(H,33,39)(H,34,38). The summed E-state index contributed by atoms with van der Waals surface area (Å²) in [6, 6.07) is 16.6. The van der Waals surface area contributed by atoms with Gasteiger partial charge in [0.15, 0.2) is 11.0 Å². The lowest BCUT2D eigenvalue weighted by Gasteiger charge is -2.15. The van der Waals surface area contributed by atoms with Crippen LogP contribution in [0.2, 0.25) is 0 Å². The molecule has 242 valence electrons. The Morgan fingerprint density at radius 2 is 1.63 bits per heavy atom. The Morgan fingerprint density at radius 1 is 0.957 bits per heavy atom. The number of thioether (sulfide) groups is 1. The van der Waals surface area contributed by atoms with Gasteiger partial charge < -0.3 is 29.4 Å². The van der Waals surface area contributed by atoms with Crippen molar-refractivity contribution < 1.29 is 33.4 Å². The van der Waals surface area contributed by atoms with Gasteiger partial charge in [-0.1, -0.05) is 54.2 Å². The van der Waals surface area contributed by atoms with E-state index in [9.17, 15) is 19.2 Å². The van der Waals surface area contributed by atoms with Gasteiger partial charge in [0.1, 0.15) is 15.6 Å². The number of para-hydroxylation sites is 1. The van der Waals surface area contributed by atoms with Crippen molar-refractivity contribution in [2.45, 2.75) is 51.2 Å². The molecule has 12 nitrogen and oxygen atoms in total. The fraction of sp³-hybridized carbons (Fsp3) is 0.312. The molecule has 46 heavy (non-hydrogen) atoms. The van der Waals surface area contributed by atoms with Crippen LogP contribution in [0.25, 0.3) is 0 Å². The third kappa shape index (κ3) is 8.12. The number of anilines is 1. The van der Waals surface area contributed by atoms with Crippen molar-refractivity contribution in [3.05, 3.63) is 87.6 Å². The third-order valence-corrected chi connectivity index (χ3v) is 8.98. The lowest BCUT2D eigenvalue weighted by Crippen LogP contribution is -2.26. The first kappa shape index (κ1) is 34.2. The highest BCUT2D eigenvalue weighted by molar-refractivity contribution is 8.00. The van der Waals surface area contributed by atoms with Crippen LogP contribution in [0.1, 0.15) is 68.1 Å². The number of nitrogens with zero attached hydrogens (tertiary/aromatic N) is 3. The molecule has 0 aliphatic heterocycles. The van der Waals surface area contributed by atoms with Crippen LogP contribution in [0.5, 0.6) is 5.75 Å². The number of nitrogens with one attached hydrogen (secondary N) is 2. The predicted octanol–water partition coefficient (Wildman–Crippen LogP) is 5.11. The number of rotatable bonds is 14. The van der Waals surface area contributed by atoms with Gasteiger partial charge in [-0.3, -0.25) is 9.59 Å². The molecule has 2 aromatic carbocycles. The molecule has 0 saturated heterocycles. The third-order valence-electron chi connectivity index (χ3n) is 6.71. The number of aromatic nitrogens is 3. The van der Waals surface area contributed by atoms with Crippen molar-refractivity contribution in [1.29, 1.82) is 0 Å². The van der Waals surface area contributed by atoms with Crippen molar-refractivity contribution >= 4 is 51.9 Å². The summed E-state index contributed by atoms with van der Waals surface area (Å²) in [6.45, 7) is 7.43. The summed E-state index contributed by atoms with van der Waals surface area (Å²) >= 11 is 2.13. The largest absolute Gasteiger partial charge is 0.496 e. The van der Waals surface area contributed by atoms with Crippen LogP contribution in [0.3, 0.4) is 0 Å². The number of amides is 2. The number of ether oxygens (including phenoxy) is 3. The summed E-state index contributed by atoms with van der Waals surface area (Å²) in [5, 5.41) is 14.3. The Morgan fingerprint density at radius 3 is 2.33 bits per heavy atom. The average Bonchev–Trinajstić information content (AvgIpc) is 3.59. The van der Waals surface area contributed by atoms with E-state index in [2.05, 4.69) is 20.8 Å². The molecule has 0 fully saturated rings. The molecule has 2 heterocycles. The van der Waals surface area contributed by atoms with E-state index in [1.165, 1.54) is 18.9 Å². The SMILES string of the molecule is CCOC(=O)c1sc(NC(=O)C(C)Sc2nnc(CNC(=O)c3ccccc3OC)n2Cc2ccccc2)c(C(=O)OCC)c1C. The first-order valence-corrected chi connectivity index (χ1v) is 16.2. The molecular weight excluding hydrogens is 631 g/mol. The molecule has 0 aliphatic carbocycles. The summed E-state index contributed by atoms with van der Waals surface area (Å²) in [6.07, 6.45) is 0. The Labute approximate surface area is 274 Å². The highest BCUT2D eigenvalue weighted by Gasteiger charge is 2.29. The van der Waals surface area contributed by atoms with Crippen molar-refractivity contribution in [1.82, 2.24) is 20.1 Å². The van der Waals surface area contributed by atoms with E-state index < -0.39 is 23.1 Å². The topological polar surface area (TPSA) is 151 Å². The monoisotopic (exact) mass is 665 g/mol. The summed E-state index contributed by atoms with van der Waals surface area (Å²) in [4.78, 5) is 52.0. The van der Waals surface area contributed by atoms with Crippen molar-refractivity contribution in [2.75, 3.05) is 25.6 Å². The first-order valence-electron chi connectivity index (χ1n) is 14.5. The Kier molecular flexibility index (Phi) is 11.9. The average molecular weight is 666 g/mol. The van der Waals surface area contributed by atoms with E-state index in [4.69, 9.17) is 14.2 Å². The number of esters is 2. The van der Waals surface area contributed by atoms with E-state index >= 15 is 0 Å². The molecule has 1 unspecified atom stereocenters. The molecule has 0 aliphatic rings. The molecule has 1 atom stereocenters. The van der Waals surface area contributed by atoms with Gasteiger partial charge in [-0.25, -0.2) is 9.59 Å². The Balaban J connectivity index is 1.56. The van der Waals surface area contributed by atoms with Crippen molar-refractivity contribution in [3.8, 4) is 5.75 Å². The smallest absolute Gasteiger partial charge is 0.348 e. The number of carbonyl (C=O) groups is 4. The van der Waals surface area contributed by atoms with Crippen LogP contribution in [0.4, 0.5) is 5.00 Å². The van der Waals surface area contributed by atoms with E-state index in [1.54, 1.807) is 52.0 Å². The normalized spacial score (nSPS) is 11.4. The summed E-state index contributed by atoms with van der Waals surface area (Å²) in [5.41, 5.74) is 1.84. The van der Waals surface area contributed by atoms with Gasteiger partial charge in [0.25, 0.3) is 5.91 Å². The maximum atomic E-state index is 13.5. The van der Waals surface area contributed by atoms with Crippen LogP contribution in [0, 0.1) is 6.92 Å². The summed E-state index contributed by atoms with van der Waals surface area (Å²) < 4.78 is 17.5. The number of hydrogen-bond donors (Lipinski definition) is 2. The highest BCUT2D eigenvalue weighted by atomic mass is 32.2. The van der Waals surface area contributed by atoms with Crippen LogP contribution in [-0.4, -0.2) is 64.1 Å². The molecule has 0 bridgehead atoms. The number of carbonyl (C=O) groups excluding carboxylic acids is 4. The molecule has 0 spiro atoms. The predicted molar refractivity (Wildman–Crippen MR) is 175 cm³/mol. The van der Waals surface area contributed by atoms with Crippen LogP contribution in [0.15, 0.2) is 59.8 Å². The quantitative estimate of drug-likeness (QED) is 0.137. The zero-order valence-electron chi connectivity index (χ0n) is 26.1. The number of benzene rings is 2. The zero-order chi connectivity index (χ0) is 33.2. The van der Waals surface area contributed by atoms with Gasteiger partial charge in [-0.05, 0) is 51.0 Å². The molecule has 2 aromatic heterocycles. The second-order valence-electron chi connectivity index (χ2n) is 9.80. The second-order valence-corrected chi connectivity index (χ2v) is 12.1. The minimum Gasteiger partial charge on any atom is -0.496 e. The molecule has 14 heteroatoms. The second kappa shape index (κ2) is 16.0.